The smallest absolute Gasteiger partial charge is 0.471 e. The first-order valence-electron chi connectivity index (χ1n) is 8.46. The lowest BCUT2D eigenvalue weighted by Gasteiger charge is -2.42. The van der Waals surface area contributed by atoms with Crippen LogP contribution in [0.1, 0.15) is 11.7 Å². The van der Waals surface area contributed by atoms with Gasteiger partial charge in [-0.3, -0.25) is 14.5 Å². The first-order valence-corrected chi connectivity index (χ1v) is 9.38. The lowest BCUT2D eigenvalue weighted by Crippen LogP contribution is -2.55. The van der Waals surface area contributed by atoms with E-state index in [2.05, 4.69) is 0 Å². The minimum absolute atomic E-state index is 0.265. The second-order valence-electron chi connectivity index (χ2n) is 6.23. The van der Waals surface area contributed by atoms with Gasteiger partial charge in [-0.25, -0.2) is 0 Å². The largest absolute Gasteiger partial charge is 0.481 e. The highest BCUT2D eigenvalue weighted by atomic mass is 35.5. The second-order valence-corrected chi connectivity index (χ2v) is 6.94. The summed E-state index contributed by atoms with van der Waals surface area (Å²) in [5, 5.41) is 2.13. The number of alkyl halides is 4. The first-order chi connectivity index (χ1) is 13.7. The average Bonchev–Trinajstić information content (AvgIpc) is 2.70. The molecular formula is C19H15Cl2F3N2O3. The van der Waals surface area contributed by atoms with E-state index in [0.717, 1.165) is 0 Å². The van der Waals surface area contributed by atoms with E-state index >= 15 is 0 Å². The van der Waals surface area contributed by atoms with E-state index in [1.54, 1.807) is 42.5 Å². The fourth-order valence-electron chi connectivity index (χ4n) is 3.12. The molecule has 1 aliphatic rings. The lowest BCUT2D eigenvalue weighted by atomic mass is 9.97. The van der Waals surface area contributed by atoms with Gasteiger partial charge in [-0.05, 0) is 23.8 Å². The van der Waals surface area contributed by atoms with Crippen LogP contribution >= 0.6 is 23.2 Å². The molecule has 2 aromatic rings. The summed E-state index contributed by atoms with van der Waals surface area (Å²) in [7, 11) is 0. The third-order valence-corrected chi connectivity index (χ3v) is 4.82. The molecule has 0 radical (unpaired) electrons. The highest BCUT2D eigenvalue weighted by molar-refractivity contribution is 6.31. The molecule has 10 heteroatoms. The van der Waals surface area contributed by atoms with Crippen LogP contribution < -0.4 is 15.0 Å². The van der Waals surface area contributed by atoms with E-state index in [0.29, 0.717) is 16.3 Å². The number of rotatable bonds is 4. The topological polar surface area (TPSA) is 58.6 Å². The zero-order chi connectivity index (χ0) is 21.2. The zero-order valence-corrected chi connectivity index (χ0v) is 16.3. The zero-order valence-electron chi connectivity index (χ0n) is 14.7. The molecule has 2 atom stereocenters. The molecule has 1 aliphatic heterocycles. The summed E-state index contributed by atoms with van der Waals surface area (Å²) in [5.41, 5.74) is 0.883. The summed E-state index contributed by atoms with van der Waals surface area (Å²) in [6.07, 6.45) is -5.90. The van der Waals surface area contributed by atoms with E-state index in [1.165, 1.54) is 11.0 Å². The predicted octanol–water partition coefficient (Wildman–Crippen LogP) is 4.09. The maximum Gasteiger partial charge on any atom is 0.471 e. The maximum absolute atomic E-state index is 12.7. The van der Waals surface area contributed by atoms with Crippen LogP contribution in [-0.2, 0) is 9.59 Å². The Bertz CT molecular complexity index is 909. The number of nitrogens with zero attached hydrogens (tertiary/aromatic N) is 1. The van der Waals surface area contributed by atoms with Gasteiger partial charge in [0.15, 0.2) is 0 Å². The maximum atomic E-state index is 12.7. The molecule has 3 rings (SSSR count). The van der Waals surface area contributed by atoms with Crippen LogP contribution in [0.3, 0.4) is 0 Å². The van der Waals surface area contributed by atoms with Crippen LogP contribution in [0.2, 0.25) is 5.02 Å². The predicted molar refractivity (Wildman–Crippen MR) is 102 cm³/mol. The number of hydrogen-bond donors (Lipinski definition) is 1. The van der Waals surface area contributed by atoms with Crippen molar-refractivity contribution in [1.82, 2.24) is 5.32 Å². The van der Waals surface area contributed by atoms with Gasteiger partial charge in [-0.15, -0.1) is 11.6 Å². The van der Waals surface area contributed by atoms with E-state index in [-0.39, 0.29) is 5.69 Å². The third-order valence-electron chi connectivity index (χ3n) is 4.36. The molecule has 0 bridgehead atoms. The minimum atomic E-state index is -5.06. The summed E-state index contributed by atoms with van der Waals surface area (Å²) in [6, 6.07) is 12.3. The van der Waals surface area contributed by atoms with Crippen molar-refractivity contribution in [3.63, 3.8) is 0 Å². The van der Waals surface area contributed by atoms with Crippen LogP contribution in [0, 0.1) is 0 Å². The molecule has 0 fully saturated rings. The standard InChI is InChI=1S/C19H15Cl2F3N2O3/c20-9-16(27)26-13-8-12(21)6-7-15(13)29-17(11-4-2-1-3-5-11)14(26)10-25-18(28)19(22,23)24/h1-8,14,17H,9-10H2,(H,25,28). The fourth-order valence-corrected chi connectivity index (χ4v) is 3.42. The van der Waals surface area contributed by atoms with E-state index in [4.69, 9.17) is 27.9 Å². The molecule has 2 amide bonds. The van der Waals surface area contributed by atoms with Crippen molar-refractivity contribution in [2.45, 2.75) is 18.3 Å². The number of halogens is 5. The molecule has 1 heterocycles. The molecule has 5 nitrogen and oxygen atoms in total. The Morgan fingerprint density at radius 2 is 1.83 bits per heavy atom. The second kappa shape index (κ2) is 8.51. The van der Waals surface area contributed by atoms with Gasteiger partial charge in [0.2, 0.25) is 5.91 Å². The number of ether oxygens (including phenoxy) is 1. The van der Waals surface area contributed by atoms with Crippen molar-refractivity contribution in [2.24, 2.45) is 0 Å². The van der Waals surface area contributed by atoms with Crippen molar-refractivity contribution < 1.29 is 27.5 Å². The summed E-state index contributed by atoms with van der Waals surface area (Å²) in [6.45, 7) is -0.507. The van der Waals surface area contributed by atoms with Gasteiger partial charge < -0.3 is 10.1 Å². The number of nitrogens with one attached hydrogen (secondary N) is 1. The normalized spacial score (nSPS) is 18.6. The molecule has 29 heavy (non-hydrogen) atoms. The molecule has 0 saturated carbocycles. The molecule has 1 N–H and O–H groups in total. The number of carbonyl (C=O) groups is 2. The van der Waals surface area contributed by atoms with Crippen LogP contribution in [0.5, 0.6) is 5.75 Å². The average molecular weight is 447 g/mol. The minimum Gasteiger partial charge on any atom is -0.481 e. The fraction of sp³-hybridized carbons (Fsp3) is 0.263. The molecule has 0 spiro atoms. The Kier molecular flexibility index (Phi) is 6.24. The van der Waals surface area contributed by atoms with Crippen LogP contribution in [0.4, 0.5) is 18.9 Å². The number of hydrogen-bond acceptors (Lipinski definition) is 3. The van der Waals surface area contributed by atoms with E-state index in [1.807, 2.05) is 5.32 Å². The molecule has 0 aromatic heterocycles. The third kappa shape index (κ3) is 4.59. The number of benzene rings is 2. The number of anilines is 1. The Balaban J connectivity index is 2.05. The highest BCUT2D eigenvalue weighted by Gasteiger charge is 2.43. The van der Waals surface area contributed by atoms with Crippen LogP contribution in [0.25, 0.3) is 0 Å². The Morgan fingerprint density at radius 1 is 1.14 bits per heavy atom. The van der Waals surface area contributed by atoms with E-state index in [9.17, 15) is 22.8 Å². The van der Waals surface area contributed by atoms with Crippen LogP contribution in [0.15, 0.2) is 48.5 Å². The molecule has 0 saturated heterocycles. The Labute approximate surface area is 174 Å². The summed E-state index contributed by atoms with van der Waals surface area (Å²) in [5.74, 6) is -2.78. The van der Waals surface area contributed by atoms with Crippen molar-refractivity contribution in [1.29, 1.82) is 0 Å². The van der Waals surface area contributed by atoms with Crippen molar-refractivity contribution in [3.05, 3.63) is 59.1 Å². The Morgan fingerprint density at radius 3 is 2.45 bits per heavy atom. The van der Waals surface area contributed by atoms with Gasteiger partial charge in [0, 0.05) is 11.6 Å². The molecule has 154 valence electrons. The van der Waals surface area contributed by atoms with Crippen molar-refractivity contribution in [3.8, 4) is 5.75 Å². The molecular weight excluding hydrogens is 432 g/mol. The van der Waals surface area contributed by atoms with Gasteiger partial charge in [0.25, 0.3) is 0 Å². The van der Waals surface area contributed by atoms with Gasteiger partial charge >= 0.3 is 12.1 Å². The summed E-state index contributed by atoms with van der Waals surface area (Å²) >= 11 is 11.8. The molecule has 2 unspecified atom stereocenters. The van der Waals surface area contributed by atoms with Gasteiger partial charge in [-0.1, -0.05) is 41.9 Å². The number of amides is 2. The molecule has 0 aliphatic carbocycles. The van der Waals surface area contributed by atoms with Gasteiger partial charge in [-0.2, -0.15) is 13.2 Å². The number of fused-ring (bicyclic) bond motifs is 1. The summed E-state index contributed by atoms with van der Waals surface area (Å²) in [4.78, 5) is 25.2. The SMILES string of the molecule is O=C(CCl)N1c2cc(Cl)ccc2OC(c2ccccc2)C1CNC(=O)C(F)(F)F. The van der Waals surface area contributed by atoms with Crippen molar-refractivity contribution in [2.75, 3.05) is 17.3 Å². The van der Waals surface area contributed by atoms with Crippen LogP contribution in [-0.4, -0.2) is 36.5 Å². The van der Waals surface area contributed by atoms with Gasteiger partial charge in [0.05, 0.1) is 11.7 Å². The molecule has 2 aromatic carbocycles. The summed E-state index contributed by atoms with van der Waals surface area (Å²) < 4.78 is 44.0. The first kappa shape index (κ1) is 21.3. The Hall–Kier alpha value is -2.45. The number of carbonyl (C=O) groups excluding carboxylic acids is 2. The highest BCUT2D eigenvalue weighted by Crippen LogP contribution is 2.43. The lowest BCUT2D eigenvalue weighted by molar-refractivity contribution is -0.173. The van der Waals surface area contributed by atoms with Gasteiger partial charge in [0.1, 0.15) is 17.7 Å². The van der Waals surface area contributed by atoms with Crippen molar-refractivity contribution >= 4 is 40.7 Å². The van der Waals surface area contributed by atoms with E-state index < -0.39 is 42.6 Å². The quantitative estimate of drug-likeness (QED) is 0.719. The monoisotopic (exact) mass is 446 g/mol.